The molecule has 0 saturated carbocycles. The third-order valence-corrected chi connectivity index (χ3v) is 1.23. The van der Waals surface area contributed by atoms with Gasteiger partial charge < -0.3 is 5.11 Å². The minimum atomic E-state index is -0.139. The fourth-order valence-electron chi connectivity index (χ4n) is 0.745. The number of Topliss-reactive ketones (excluding diaryl/α,β-unsaturated/α-hetero) is 1. The molecule has 1 aromatic rings. The summed E-state index contributed by atoms with van der Waals surface area (Å²) in [6.07, 6.45) is 1.43. The van der Waals surface area contributed by atoms with Crippen LogP contribution in [0.2, 0.25) is 0 Å². The van der Waals surface area contributed by atoms with Crippen molar-refractivity contribution in [3.05, 3.63) is 11.9 Å². The Morgan fingerprint density at radius 3 is 3.09 bits per heavy atom. The van der Waals surface area contributed by atoms with Gasteiger partial charge in [-0.2, -0.15) is 0 Å². The second-order valence-electron chi connectivity index (χ2n) is 2.24. The summed E-state index contributed by atoms with van der Waals surface area (Å²) in [5.74, 6) is -0.00907. The van der Waals surface area contributed by atoms with E-state index in [1.54, 1.807) is 0 Å². The monoisotopic (exact) mass is 155 g/mol. The Bertz CT molecular complexity index is 256. The van der Waals surface area contributed by atoms with Crippen LogP contribution in [0.1, 0.15) is 12.6 Å². The minimum absolute atomic E-state index is 0.00907. The lowest BCUT2D eigenvalue weighted by molar-refractivity contribution is -0.117. The summed E-state index contributed by atoms with van der Waals surface area (Å²) in [6.45, 7) is 1.50. The van der Waals surface area contributed by atoms with Crippen LogP contribution in [-0.2, 0) is 17.9 Å². The molecule has 0 atom stereocenters. The van der Waals surface area contributed by atoms with Gasteiger partial charge in [0.2, 0.25) is 0 Å². The lowest BCUT2D eigenvalue weighted by atomic mass is 10.4. The van der Waals surface area contributed by atoms with Gasteiger partial charge in [0.1, 0.15) is 6.54 Å². The zero-order valence-corrected chi connectivity index (χ0v) is 6.19. The van der Waals surface area contributed by atoms with E-state index in [0.717, 1.165) is 0 Å². The molecule has 1 heterocycles. The van der Waals surface area contributed by atoms with Crippen molar-refractivity contribution in [1.82, 2.24) is 15.0 Å². The van der Waals surface area contributed by atoms with Gasteiger partial charge in [0.15, 0.2) is 5.78 Å². The summed E-state index contributed by atoms with van der Waals surface area (Å²) in [6, 6.07) is 0. The van der Waals surface area contributed by atoms with Crippen molar-refractivity contribution in [2.24, 2.45) is 0 Å². The molecule has 0 aliphatic carbocycles. The van der Waals surface area contributed by atoms with E-state index in [0.29, 0.717) is 5.69 Å². The van der Waals surface area contributed by atoms with E-state index in [-0.39, 0.29) is 18.9 Å². The highest BCUT2D eigenvalue weighted by atomic mass is 16.3. The highest BCUT2D eigenvalue weighted by molar-refractivity contribution is 5.75. The second-order valence-corrected chi connectivity index (χ2v) is 2.24. The molecule has 0 radical (unpaired) electrons. The molecule has 0 aromatic carbocycles. The number of carbonyl (C=O) groups is 1. The molecule has 0 spiro atoms. The van der Waals surface area contributed by atoms with E-state index < -0.39 is 0 Å². The Balaban J connectivity index is 2.76. The molecule has 0 saturated heterocycles. The van der Waals surface area contributed by atoms with Gasteiger partial charge in [-0.25, -0.2) is 4.68 Å². The molecule has 5 nitrogen and oxygen atoms in total. The summed E-state index contributed by atoms with van der Waals surface area (Å²) >= 11 is 0. The first-order valence-corrected chi connectivity index (χ1v) is 3.21. The fourth-order valence-corrected chi connectivity index (χ4v) is 0.745. The summed E-state index contributed by atoms with van der Waals surface area (Å²) < 4.78 is 1.38. The predicted octanol–water partition coefficient (Wildman–Crippen LogP) is -0.641. The average Bonchev–Trinajstić information content (AvgIpc) is 2.34. The zero-order chi connectivity index (χ0) is 8.27. The zero-order valence-electron chi connectivity index (χ0n) is 6.19. The topological polar surface area (TPSA) is 68.0 Å². The van der Waals surface area contributed by atoms with Gasteiger partial charge in [-0.15, -0.1) is 5.10 Å². The SMILES string of the molecule is CC(=O)Cn1nncc1CO. The van der Waals surface area contributed by atoms with Crippen molar-refractivity contribution in [3.63, 3.8) is 0 Å². The van der Waals surface area contributed by atoms with Crippen LogP contribution in [0.5, 0.6) is 0 Å². The number of ketones is 1. The summed E-state index contributed by atoms with van der Waals surface area (Å²) in [7, 11) is 0. The largest absolute Gasteiger partial charge is 0.390 e. The number of carbonyl (C=O) groups excluding carboxylic acids is 1. The standard InChI is InChI=1S/C6H9N3O2/c1-5(11)3-9-6(4-10)2-7-8-9/h2,10H,3-4H2,1H3. The Hall–Kier alpha value is -1.23. The normalized spacial score (nSPS) is 10.0. The minimum Gasteiger partial charge on any atom is -0.390 e. The molecule has 60 valence electrons. The van der Waals surface area contributed by atoms with Gasteiger partial charge in [0.25, 0.3) is 0 Å². The number of rotatable bonds is 3. The predicted molar refractivity (Wildman–Crippen MR) is 36.6 cm³/mol. The molecular weight excluding hydrogens is 146 g/mol. The molecule has 0 aliphatic rings. The van der Waals surface area contributed by atoms with E-state index in [9.17, 15) is 4.79 Å². The highest BCUT2D eigenvalue weighted by Crippen LogP contribution is 1.94. The van der Waals surface area contributed by atoms with Crippen LogP contribution in [-0.4, -0.2) is 25.9 Å². The molecule has 0 unspecified atom stereocenters. The first-order valence-electron chi connectivity index (χ1n) is 3.21. The molecule has 11 heavy (non-hydrogen) atoms. The van der Waals surface area contributed by atoms with E-state index in [1.165, 1.54) is 17.8 Å². The Labute approximate surface area is 63.6 Å². The smallest absolute Gasteiger partial charge is 0.151 e. The first kappa shape index (κ1) is 7.87. The molecule has 0 fully saturated rings. The Kier molecular flexibility index (Phi) is 2.32. The van der Waals surface area contributed by atoms with Crippen LogP contribution >= 0.6 is 0 Å². The maximum Gasteiger partial charge on any atom is 0.151 e. The molecule has 1 rings (SSSR count). The van der Waals surface area contributed by atoms with Crippen LogP contribution in [0, 0.1) is 0 Å². The quantitative estimate of drug-likeness (QED) is 0.630. The number of aliphatic hydroxyl groups excluding tert-OH is 1. The van der Waals surface area contributed by atoms with Crippen LogP contribution in [0.15, 0.2) is 6.20 Å². The summed E-state index contributed by atoms with van der Waals surface area (Å²) in [4.78, 5) is 10.6. The highest BCUT2D eigenvalue weighted by Gasteiger charge is 2.03. The maximum absolute atomic E-state index is 10.6. The number of hydrogen-bond acceptors (Lipinski definition) is 4. The third kappa shape index (κ3) is 1.84. The van der Waals surface area contributed by atoms with Crippen molar-refractivity contribution >= 4 is 5.78 Å². The second kappa shape index (κ2) is 3.25. The summed E-state index contributed by atoms with van der Waals surface area (Å²) in [5.41, 5.74) is 0.556. The van der Waals surface area contributed by atoms with Gasteiger partial charge in [0.05, 0.1) is 18.5 Å². The van der Waals surface area contributed by atoms with Crippen LogP contribution in [0.4, 0.5) is 0 Å². The van der Waals surface area contributed by atoms with E-state index in [4.69, 9.17) is 5.11 Å². The van der Waals surface area contributed by atoms with Crippen molar-refractivity contribution in [2.45, 2.75) is 20.1 Å². The fraction of sp³-hybridized carbons (Fsp3) is 0.500. The van der Waals surface area contributed by atoms with Gasteiger partial charge in [0, 0.05) is 0 Å². The van der Waals surface area contributed by atoms with Gasteiger partial charge in [-0.05, 0) is 6.92 Å². The number of nitrogens with zero attached hydrogens (tertiary/aromatic N) is 3. The van der Waals surface area contributed by atoms with Crippen molar-refractivity contribution < 1.29 is 9.90 Å². The molecule has 1 aromatic heterocycles. The van der Waals surface area contributed by atoms with Crippen molar-refractivity contribution in [3.8, 4) is 0 Å². The van der Waals surface area contributed by atoms with Crippen molar-refractivity contribution in [2.75, 3.05) is 0 Å². The Morgan fingerprint density at radius 1 is 1.82 bits per heavy atom. The van der Waals surface area contributed by atoms with E-state index in [1.807, 2.05) is 0 Å². The number of aromatic nitrogens is 3. The molecule has 0 bridgehead atoms. The average molecular weight is 155 g/mol. The number of hydrogen-bond donors (Lipinski definition) is 1. The van der Waals surface area contributed by atoms with Crippen LogP contribution < -0.4 is 0 Å². The maximum atomic E-state index is 10.6. The van der Waals surface area contributed by atoms with Crippen LogP contribution in [0.3, 0.4) is 0 Å². The molecular formula is C6H9N3O2. The lowest BCUT2D eigenvalue weighted by Crippen LogP contribution is -2.11. The molecule has 5 heteroatoms. The van der Waals surface area contributed by atoms with Gasteiger partial charge in [-0.3, -0.25) is 4.79 Å². The number of aliphatic hydroxyl groups is 1. The van der Waals surface area contributed by atoms with Gasteiger partial charge >= 0.3 is 0 Å². The molecule has 0 amide bonds. The van der Waals surface area contributed by atoms with E-state index in [2.05, 4.69) is 10.3 Å². The molecule has 0 aliphatic heterocycles. The van der Waals surface area contributed by atoms with Gasteiger partial charge in [-0.1, -0.05) is 5.21 Å². The van der Waals surface area contributed by atoms with E-state index >= 15 is 0 Å². The first-order chi connectivity index (χ1) is 5.24. The van der Waals surface area contributed by atoms with Crippen molar-refractivity contribution in [1.29, 1.82) is 0 Å². The van der Waals surface area contributed by atoms with Crippen LogP contribution in [0.25, 0.3) is 0 Å². The Morgan fingerprint density at radius 2 is 2.55 bits per heavy atom. The lowest BCUT2D eigenvalue weighted by Gasteiger charge is -1.98. The summed E-state index contributed by atoms with van der Waals surface area (Å²) in [5, 5.41) is 15.9. The molecule has 1 N–H and O–H groups in total. The third-order valence-electron chi connectivity index (χ3n) is 1.23.